The van der Waals surface area contributed by atoms with Gasteiger partial charge in [-0.05, 0) is 29.8 Å². The summed E-state index contributed by atoms with van der Waals surface area (Å²) in [5, 5.41) is 11.8. The van der Waals surface area contributed by atoms with Gasteiger partial charge >= 0.3 is 6.03 Å². The first-order valence-corrected chi connectivity index (χ1v) is 7.87. The van der Waals surface area contributed by atoms with Crippen molar-refractivity contribution in [1.82, 2.24) is 4.90 Å². The van der Waals surface area contributed by atoms with Crippen molar-refractivity contribution < 1.29 is 19.0 Å². The van der Waals surface area contributed by atoms with Gasteiger partial charge in [-0.2, -0.15) is 0 Å². The third kappa shape index (κ3) is 5.93. The van der Waals surface area contributed by atoms with Crippen LogP contribution in [0.15, 0.2) is 61.2 Å². The van der Waals surface area contributed by atoms with E-state index < -0.39 is 0 Å². The SMILES string of the molecule is C=CCN(CCO)C(=O)Nc1cccc(OCc2cccc(F)c2)c1. The molecule has 2 rings (SSSR count). The first-order valence-electron chi connectivity index (χ1n) is 7.87. The highest BCUT2D eigenvalue weighted by atomic mass is 19.1. The van der Waals surface area contributed by atoms with Gasteiger partial charge < -0.3 is 20.1 Å². The molecular formula is C19H21FN2O3. The summed E-state index contributed by atoms with van der Waals surface area (Å²) in [5.41, 5.74) is 1.28. The Hall–Kier alpha value is -2.86. The van der Waals surface area contributed by atoms with Crippen LogP contribution in [0, 0.1) is 5.82 Å². The van der Waals surface area contributed by atoms with E-state index in [0.29, 0.717) is 18.0 Å². The molecule has 0 fully saturated rings. The highest BCUT2D eigenvalue weighted by molar-refractivity contribution is 5.89. The first-order chi connectivity index (χ1) is 12.1. The molecule has 2 N–H and O–H groups in total. The topological polar surface area (TPSA) is 61.8 Å². The van der Waals surface area contributed by atoms with Gasteiger partial charge in [0.25, 0.3) is 0 Å². The van der Waals surface area contributed by atoms with Crippen LogP contribution < -0.4 is 10.1 Å². The third-order valence-electron chi connectivity index (χ3n) is 3.39. The lowest BCUT2D eigenvalue weighted by Crippen LogP contribution is -2.37. The summed E-state index contributed by atoms with van der Waals surface area (Å²) >= 11 is 0. The molecule has 0 radical (unpaired) electrons. The van der Waals surface area contributed by atoms with Crippen molar-refractivity contribution in [3.63, 3.8) is 0 Å². The van der Waals surface area contributed by atoms with Crippen LogP contribution in [0.25, 0.3) is 0 Å². The quantitative estimate of drug-likeness (QED) is 0.722. The lowest BCUT2D eigenvalue weighted by Gasteiger charge is -2.20. The second-order valence-corrected chi connectivity index (χ2v) is 5.33. The van der Waals surface area contributed by atoms with E-state index >= 15 is 0 Å². The summed E-state index contributed by atoms with van der Waals surface area (Å²) in [4.78, 5) is 13.6. The predicted molar refractivity (Wildman–Crippen MR) is 95.0 cm³/mol. The Morgan fingerprint density at radius 3 is 2.80 bits per heavy atom. The Labute approximate surface area is 146 Å². The van der Waals surface area contributed by atoms with Crippen LogP contribution >= 0.6 is 0 Å². The number of hydrogen-bond donors (Lipinski definition) is 2. The Kier molecular flexibility index (Phi) is 6.98. The minimum Gasteiger partial charge on any atom is -0.489 e. The lowest BCUT2D eigenvalue weighted by atomic mass is 10.2. The molecule has 0 saturated carbocycles. The molecule has 0 aliphatic rings. The van der Waals surface area contributed by atoms with Gasteiger partial charge in [0.2, 0.25) is 0 Å². The second kappa shape index (κ2) is 9.44. The molecule has 2 aromatic rings. The van der Waals surface area contributed by atoms with Crippen LogP contribution in [0.5, 0.6) is 5.75 Å². The van der Waals surface area contributed by atoms with E-state index in [1.165, 1.54) is 17.0 Å². The number of hydrogen-bond acceptors (Lipinski definition) is 3. The van der Waals surface area contributed by atoms with Crippen LogP contribution in [0.2, 0.25) is 0 Å². The minimum atomic E-state index is -0.337. The summed E-state index contributed by atoms with van der Waals surface area (Å²) < 4.78 is 18.8. The molecule has 0 saturated heterocycles. The van der Waals surface area contributed by atoms with E-state index in [1.54, 1.807) is 42.5 Å². The average Bonchev–Trinajstić information content (AvgIpc) is 2.60. The van der Waals surface area contributed by atoms with Gasteiger partial charge in [-0.25, -0.2) is 9.18 Å². The van der Waals surface area contributed by atoms with Crippen LogP contribution in [-0.2, 0) is 6.61 Å². The number of carbonyl (C=O) groups is 1. The van der Waals surface area contributed by atoms with Gasteiger partial charge in [0.05, 0.1) is 6.61 Å². The molecule has 0 atom stereocenters. The molecule has 0 aromatic heterocycles. The number of aliphatic hydroxyl groups is 1. The number of nitrogens with zero attached hydrogens (tertiary/aromatic N) is 1. The molecular weight excluding hydrogens is 323 g/mol. The smallest absolute Gasteiger partial charge is 0.322 e. The number of carbonyl (C=O) groups excluding carboxylic acids is 1. The van der Waals surface area contributed by atoms with Gasteiger partial charge in [0, 0.05) is 24.8 Å². The van der Waals surface area contributed by atoms with Crippen molar-refractivity contribution in [3.8, 4) is 5.75 Å². The second-order valence-electron chi connectivity index (χ2n) is 5.33. The van der Waals surface area contributed by atoms with Crippen LogP contribution in [0.4, 0.5) is 14.9 Å². The maximum Gasteiger partial charge on any atom is 0.322 e. The van der Waals surface area contributed by atoms with Crippen molar-refractivity contribution in [1.29, 1.82) is 0 Å². The number of aliphatic hydroxyl groups excluding tert-OH is 1. The largest absolute Gasteiger partial charge is 0.489 e. The van der Waals surface area contributed by atoms with E-state index in [9.17, 15) is 9.18 Å². The molecule has 0 aliphatic heterocycles. The fourth-order valence-electron chi connectivity index (χ4n) is 2.21. The molecule has 0 bridgehead atoms. The van der Waals surface area contributed by atoms with E-state index in [-0.39, 0.29) is 31.6 Å². The number of benzene rings is 2. The summed E-state index contributed by atoms with van der Waals surface area (Å²) in [6.07, 6.45) is 1.59. The number of urea groups is 1. The maximum atomic E-state index is 13.2. The normalized spacial score (nSPS) is 10.2. The number of ether oxygens (including phenoxy) is 1. The molecule has 0 unspecified atom stereocenters. The van der Waals surface area contributed by atoms with Crippen molar-refractivity contribution >= 4 is 11.7 Å². The molecule has 0 spiro atoms. The number of amides is 2. The van der Waals surface area contributed by atoms with Gasteiger partial charge in [0.15, 0.2) is 0 Å². The summed E-state index contributed by atoms with van der Waals surface area (Å²) in [7, 11) is 0. The highest BCUT2D eigenvalue weighted by Crippen LogP contribution is 2.19. The molecule has 2 amide bonds. The molecule has 25 heavy (non-hydrogen) atoms. The monoisotopic (exact) mass is 344 g/mol. The van der Waals surface area contributed by atoms with Crippen LogP contribution in [0.1, 0.15) is 5.56 Å². The van der Waals surface area contributed by atoms with E-state index in [2.05, 4.69) is 11.9 Å². The molecule has 0 aliphatic carbocycles. The van der Waals surface area contributed by atoms with Gasteiger partial charge in [-0.1, -0.05) is 24.3 Å². The molecule has 6 heteroatoms. The van der Waals surface area contributed by atoms with Crippen molar-refractivity contribution in [2.75, 3.05) is 25.0 Å². The van der Waals surface area contributed by atoms with Crippen molar-refractivity contribution in [3.05, 3.63) is 72.6 Å². The minimum absolute atomic E-state index is 0.127. The average molecular weight is 344 g/mol. The van der Waals surface area contributed by atoms with Crippen LogP contribution in [-0.4, -0.2) is 35.7 Å². The molecule has 132 valence electrons. The summed E-state index contributed by atoms with van der Waals surface area (Å²) in [5.74, 6) is 0.243. The number of anilines is 1. The molecule has 0 heterocycles. The number of halogens is 1. The molecule has 2 aromatic carbocycles. The molecule has 5 nitrogen and oxygen atoms in total. The number of rotatable bonds is 8. The zero-order valence-corrected chi connectivity index (χ0v) is 13.8. The van der Waals surface area contributed by atoms with E-state index in [0.717, 1.165) is 5.56 Å². The zero-order valence-electron chi connectivity index (χ0n) is 13.8. The summed E-state index contributed by atoms with van der Waals surface area (Å²) in [6.45, 7) is 4.24. The number of nitrogens with one attached hydrogen (secondary N) is 1. The third-order valence-corrected chi connectivity index (χ3v) is 3.39. The fraction of sp³-hybridized carbons (Fsp3) is 0.211. The van der Waals surface area contributed by atoms with Gasteiger partial charge in [-0.15, -0.1) is 6.58 Å². The van der Waals surface area contributed by atoms with Gasteiger partial charge in [-0.3, -0.25) is 0 Å². The lowest BCUT2D eigenvalue weighted by molar-refractivity contribution is 0.195. The Morgan fingerprint density at radius 1 is 1.28 bits per heavy atom. The predicted octanol–water partition coefficient (Wildman–Crippen LogP) is 3.42. The van der Waals surface area contributed by atoms with E-state index in [4.69, 9.17) is 9.84 Å². The zero-order chi connectivity index (χ0) is 18.1. The first kappa shape index (κ1) is 18.5. The fourth-order valence-corrected chi connectivity index (χ4v) is 2.21. The van der Waals surface area contributed by atoms with Crippen molar-refractivity contribution in [2.45, 2.75) is 6.61 Å². The van der Waals surface area contributed by atoms with Gasteiger partial charge in [0.1, 0.15) is 18.2 Å². The Bertz CT molecular complexity index is 721. The highest BCUT2D eigenvalue weighted by Gasteiger charge is 2.11. The standard InChI is InChI=1S/C19H21FN2O3/c1-2-9-22(10-11-23)19(24)21-17-7-4-8-18(13-17)25-14-15-5-3-6-16(20)12-15/h2-8,12-13,23H,1,9-11,14H2,(H,21,24). The Morgan fingerprint density at radius 2 is 2.08 bits per heavy atom. The van der Waals surface area contributed by atoms with Crippen molar-refractivity contribution in [2.24, 2.45) is 0 Å². The summed E-state index contributed by atoms with van der Waals surface area (Å²) in [6, 6.07) is 12.8. The van der Waals surface area contributed by atoms with Crippen LogP contribution in [0.3, 0.4) is 0 Å². The Balaban J connectivity index is 1.98. The maximum absolute atomic E-state index is 13.2. The van der Waals surface area contributed by atoms with E-state index in [1.807, 2.05) is 0 Å².